The molecule has 0 aliphatic carbocycles. The quantitative estimate of drug-likeness (QED) is 0.771. The molecule has 0 atom stereocenters. The van der Waals surface area contributed by atoms with Gasteiger partial charge in [0.15, 0.2) is 0 Å². The van der Waals surface area contributed by atoms with Gasteiger partial charge in [0.25, 0.3) is 0 Å². The van der Waals surface area contributed by atoms with Crippen LogP contribution < -0.4 is 0 Å². The summed E-state index contributed by atoms with van der Waals surface area (Å²) in [4.78, 5) is 15.6. The van der Waals surface area contributed by atoms with Gasteiger partial charge in [0, 0.05) is 24.4 Å². The molecular formula is C19H20BrNO2S. The van der Waals surface area contributed by atoms with Crippen molar-refractivity contribution in [2.24, 2.45) is 0 Å². The first kappa shape index (κ1) is 17.2. The van der Waals surface area contributed by atoms with Crippen LogP contribution in [0.25, 0.3) is 5.57 Å². The number of carbonyl (C=O) groups is 1. The lowest BCUT2D eigenvalue weighted by molar-refractivity contribution is -0.130. The molecule has 1 aromatic heterocycles. The SMILES string of the molecule is O=C(CCCc1ccc(Br)s1)N1CC=C(c2ccc(O)cc2)CC1. The van der Waals surface area contributed by atoms with Crippen LogP contribution >= 0.6 is 27.3 Å². The molecule has 0 fully saturated rings. The number of hydrogen-bond donors (Lipinski definition) is 1. The van der Waals surface area contributed by atoms with Crippen molar-refractivity contribution >= 4 is 38.7 Å². The van der Waals surface area contributed by atoms with Crippen LogP contribution in [0.2, 0.25) is 0 Å². The summed E-state index contributed by atoms with van der Waals surface area (Å²) in [6, 6.07) is 11.4. The molecule has 0 saturated heterocycles. The predicted octanol–water partition coefficient (Wildman–Crippen LogP) is 4.85. The second-order valence-electron chi connectivity index (χ2n) is 5.93. The van der Waals surface area contributed by atoms with E-state index in [2.05, 4.69) is 34.1 Å². The molecule has 1 aliphatic heterocycles. The molecule has 1 amide bonds. The number of phenolic OH excluding ortho intramolecular Hbond substituents is 1. The molecule has 0 radical (unpaired) electrons. The van der Waals surface area contributed by atoms with Gasteiger partial charge in [-0.1, -0.05) is 18.2 Å². The van der Waals surface area contributed by atoms with Crippen molar-refractivity contribution in [2.75, 3.05) is 13.1 Å². The van der Waals surface area contributed by atoms with Crippen molar-refractivity contribution in [1.29, 1.82) is 0 Å². The predicted molar refractivity (Wildman–Crippen MR) is 102 cm³/mol. The molecule has 3 nitrogen and oxygen atoms in total. The van der Waals surface area contributed by atoms with Gasteiger partial charge in [0.1, 0.15) is 5.75 Å². The van der Waals surface area contributed by atoms with Gasteiger partial charge in [0.05, 0.1) is 3.79 Å². The minimum Gasteiger partial charge on any atom is -0.508 e. The van der Waals surface area contributed by atoms with Gasteiger partial charge in [-0.15, -0.1) is 11.3 Å². The third-order valence-corrected chi connectivity index (χ3v) is 5.93. The molecular weight excluding hydrogens is 386 g/mol. The highest BCUT2D eigenvalue weighted by Gasteiger charge is 2.17. The average Bonchev–Trinajstić information content (AvgIpc) is 3.01. The number of nitrogens with zero attached hydrogens (tertiary/aromatic N) is 1. The summed E-state index contributed by atoms with van der Waals surface area (Å²) < 4.78 is 1.15. The maximum Gasteiger partial charge on any atom is 0.222 e. The second-order valence-corrected chi connectivity index (χ2v) is 8.47. The van der Waals surface area contributed by atoms with Gasteiger partial charge in [-0.05, 0) is 70.6 Å². The molecule has 5 heteroatoms. The lowest BCUT2D eigenvalue weighted by Gasteiger charge is -2.26. The molecule has 3 rings (SSSR count). The highest BCUT2D eigenvalue weighted by Crippen LogP contribution is 2.25. The number of aryl methyl sites for hydroxylation is 1. The molecule has 126 valence electrons. The summed E-state index contributed by atoms with van der Waals surface area (Å²) in [6.07, 6.45) is 5.47. The van der Waals surface area contributed by atoms with Crippen molar-refractivity contribution in [2.45, 2.75) is 25.7 Å². The van der Waals surface area contributed by atoms with Crippen molar-refractivity contribution in [3.8, 4) is 5.75 Å². The fourth-order valence-electron chi connectivity index (χ4n) is 2.89. The van der Waals surface area contributed by atoms with E-state index in [1.54, 1.807) is 23.5 Å². The summed E-state index contributed by atoms with van der Waals surface area (Å²) in [5.74, 6) is 0.524. The Hall–Kier alpha value is -1.59. The number of halogens is 1. The number of carbonyl (C=O) groups excluding carboxylic acids is 1. The van der Waals surface area contributed by atoms with E-state index in [1.807, 2.05) is 17.0 Å². The first-order chi connectivity index (χ1) is 11.6. The van der Waals surface area contributed by atoms with E-state index in [4.69, 9.17) is 0 Å². The number of hydrogen-bond acceptors (Lipinski definition) is 3. The van der Waals surface area contributed by atoms with Gasteiger partial charge in [-0.2, -0.15) is 0 Å². The number of phenols is 1. The highest BCUT2D eigenvalue weighted by atomic mass is 79.9. The molecule has 2 aromatic rings. The zero-order chi connectivity index (χ0) is 16.9. The Morgan fingerprint density at radius 2 is 2.00 bits per heavy atom. The summed E-state index contributed by atoms with van der Waals surface area (Å²) in [6.45, 7) is 1.45. The van der Waals surface area contributed by atoms with Crippen LogP contribution in [0.4, 0.5) is 0 Å². The molecule has 0 spiro atoms. The lowest BCUT2D eigenvalue weighted by Crippen LogP contribution is -2.34. The third kappa shape index (κ3) is 4.48. The molecule has 24 heavy (non-hydrogen) atoms. The molecule has 0 saturated carbocycles. The monoisotopic (exact) mass is 405 g/mol. The first-order valence-electron chi connectivity index (χ1n) is 8.12. The minimum atomic E-state index is 0.242. The Bertz CT molecular complexity index is 736. The third-order valence-electron chi connectivity index (χ3n) is 4.24. The van der Waals surface area contributed by atoms with Gasteiger partial charge in [0.2, 0.25) is 5.91 Å². The second kappa shape index (κ2) is 7.99. The van der Waals surface area contributed by atoms with Crippen molar-refractivity contribution in [3.63, 3.8) is 0 Å². The number of amides is 1. The zero-order valence-electron chi connectivity index (χ0n) is 13.4. The summed E-state index contributed by atoms with van der Waals surface area (Å²) >= 11 is 5.21. The van der Waals surface area contributed by atoms with Crippen LogP contribution in [0.3, 0.4) is 0 Å². The number of benzene rings is 1. The molecule has 1 aliphatic rings. The topological polar surface area (TPSA) is 40.5 Å². The number of rotatable bonds is 5. The summed E-state index contributed by atoms with van der Waals surface area (Å²) in [5.41, 5.74) is 2.38. The first-order valence-corrected chi connectivity index (χ1v) is 9.73. The van der Waals surface area contributed by atoms with E-state index in [9.17, 15) is 9.90 Å². The summed E-state index contributed by atoms with van der Waals surface area (Å²) in [5, 5.41) is 9.36. The minimum absolute atomic E-state index is 0.242. The summed E-state index contributed by atoms with van der Waals surface area (Å²) in [7, 11) is 0. The lowest BCUT2D eigenvalue weighted by atomic mass is 9.99. The van der Waals surface area contributed by atoms with E-state index in [1.165, 1.54) is 10.5 Å². The normalized spacial score (nSPS) is 14.5. The largest absolute Gasteiger partial charge is 0.508 e. The van der Waals surface area contributed by atoms with E-state index in [-0.39, 0.29) is 11.7 Å². The van der Waals surface area contributed by atoms with E-state index in [0.717, 1.165) is 35.2 Å². The van der Waals surface area contributed by atoms with Crippen LogP contribution in [-0.2, 0) is 11.2 Å². The Morgan fingerprint density at radius 1 is 1.21 bits per heavy atom. The molecule has 0 unspecified atom stereocenters. The average molecular weight is 406 g/mol. The number of aromatic hydroxyl groups is 1. The standard InChI is InChI=1S/C19H20BrNO2S/c20-18-9-8-17(24-18)2-1-3-19(23)21-12-10-15(11-13-21)14-4-6-16(22)7-5-14/h4-10,22H,1-3,11-13H2. The maximum absolute atomic E-state index is 12.3. The fourth-order valence-corrected chi connectivity index (χ4v) is 4.42. The van der Waals surface area contributed by atoms with Crippen LogP contribution in [0, 0.1) is 0 Å². The number of thiophene rings is 1. The van der Waals surface area contributed by atoms with Crippen LogP contribution in [0.15, 0.2) is 46.3 Å². The van der Waals surface area contributed by atoms with E-state index >= 15 is 0 Å². The van der Waals surface area contributed by atoms with Gasteiger partial charge < -0.3 is 10.0 Å². The Labute approximate surface area is 154 Å². The van der Waals surface area contributed by atoms with Crippen LogP contribution in [0.1, 0.15) is 29.7 Å². The van der Waals surface area contributed by atoms with Gasteiger partial charge >= 0.3 is 0 Å². The van der Waals surface area contributed by atoms with E-state index < -0.39 is 0 Å². The molecule has 2 heterocycles. The zero-order valence-corrected chi connectivity index (χ0v) is 15.8. The molecule has 1 aromatic carbocycles. The van der Waals surface area contributed by atoms with Crippen molar-refractivity contribution in [1.82, 2.24) is 4.90 Å². The maximum atomic E-state index is 12.3. The van der Waals surface area contributed by atoms with E-state index in [0.29, 0.717) is 13.0 Å². The van der Waals surface area contributed by atoms with Crippen LogP contribution in [-0.4, -0.2) is 29.0 Å². The Balaban J connectivity index is 1.48. The molecule has 0 bridgehead atoms. The smallest absolute Gasteiger partial charge is 0.222 e. The Morgan fingerprint density at radius 3 is 2.62 bits per heavy atom. The van der Waals surface area contributed by atoms with Gasteiger partial charge in [-0.25, -0.2) is 0 Å². The van der Waals surface area contributed by atoms with Crippen molar-refractivity contribution in [3.05, 3.63) is 56.7 Å². The Kier molecular flexibility index (Phi) is 5.74. The van der Waals surface area contributed by atoms with Gasteiger partial charge in [-0.3, -0.25) is 4.79 Å². The fraction of sp³-hybridized carbons (Fsp3) is 0.316. The van der Waals surface area contributed by atoms with Crippen LogP contribution in [0.5, 0.6) is 5.75 Å². The van der Waals surface area contributed by atoms with Crippen molar-refractivity contribution < 1.29 is 9.90 Å². The highest BCUT2D eigenvalue weighted by molar-refractivity contribution is 9.11. The molecule has 1 N–H and O–H groups in total.